The quantitative estimate of drug-likeness (QED) is 0.793. The van der Waals surface area contributed by atoms with Crippen molar-refractivity contribution in [3.63, 3.8) is 0 Å². The van der Waals surface area contributed by atoms with Crippen molar-refractivity contribution in [2.45, 2.75) is 12.8 Å². The van der Waals surface area contributed by atoms with Crippen LogP contribution in [0, 0.1) is 23.1 Å². The number of amides is 1. The minimum Gasteiger partial charge on any atom is -0.492 e. The number of carbonyl (C=O) groups excluding carboxylic acids is 1. The van der Waals surface area contributed by atoms with Gasteiger partial charge in [0.05, 0.1) is 18.6 Å². The summed E-state index contributed by atoms with van der Waals surface area (Å²) in [6.07, 6.45) is 1.75. The van der Waals surface area contributed by atoms with E-state index >= 15 is 0 Å². The smallest absolute Gasteiger partial charge is 0.232 e. The van der Waals surface area contributed by atoms with E-state index in [-0.39, 0.29) is 24.2 Å². The molecule has 6 nitrogen and oxygen atoms in total. The molecule has 3 heterocycles. The van der Waals surface area contributed by atoms with Gasteiger partial charge in [0, 0.05) is 45.2 Å². The highest BCUT2D eigenvalue weighted by atomic mass is 19.1. The van der Waals surface area contributed by atoms with Crippen LogP contribution in [0.3, 0.4) is 0 Å². The van der Waals surface area contributed by atoms with Crippen molar-refractivity contribution < 1.29 is 23.8 Å². The number of likely N-dealkylation sites (tertiary alicyclic amines) is 2. The van der Waals surface area contributed by atoms with Crippen molar-refractivity contribution in [3.8, 4) is 5.75 Å². The van der Waals surface area contributed by atoms with Crippen LogP contribution in [0.15, 0.2) is 24.3 Å². The first-order valence-corrected chi connectivity index (χ1v) is 10.2. The van der Waals surface area contributed by atoms with E-state index in [9.17, 15) is 14.3 Å². The third-order valence-corrected chi connectivity index (χ3v) is 6.52. The van der Waals surface area contributed by atoms with Crippen LogP contribution in [0.1, 0.15) is 12.8 Å². The van der Waals surface area contributed by atoms with Gasteiger partial charge in [0.15, 0.2) is 0 Å². The highest BCUT2D eigenvalue weighted by Gasteiger charge is 2.56. The highest BCUT2D eigenvalue weighted by Crippen LogP contribution is 2.43. The summed E-state index contributed by atoms with van der Waals surface area (Å²) < 4.78 is 24.4. The first-order valence-electron chi connectivity index (χ1n) is 10.2. The largest absolute Gasteiger partial charge is 0.492 e. The predicted octanol–water partition coefficient (Wildman–Crippen LogP) is 1.38. The van der Waals surface area contributed by atoms with Crippen LogP contribution in [-0.4, -0.2) is 80.0 Å². The van der Waals surface area contributed by atoms with Crippen molar-refractivity contribution in [3.05, 3.63) is 30.1 Å². The Balaban J connectivity index is 1.32. The zero-order valence-electron chi connectivity index (χ0n) is 16.2. The number of aliphatic hydroxyl groups excluding tert-OH is 1. The van der Waals surface area contributed by atoms with Crippen molar-refractivity contribution >= 4 is 5.91 Å². The number of hydrogen-bond acceptors (Lipinski definition) is 5. The Labute approximate surface area is 165 Å². The molecule has 0 unspecified atom stereocenters. The number of nitrogens with zero attached hydrogens (tertiary/aromatic N) is 2. The molecule has 1 aromatic carbocycles. The Morgan fingerprint density at radius 3 is 2.75 bits per heavy atom. The van der Waals surface area contributed by atoms with Crippen LogP contribution < -0.4 is 4.74 Å². The first kappa shape index (κ1) is 19.6. The molecule has 0 bridgehead atoms. The third-order valence-electron chi connectivity index (χ3n) is 6.52. The number of ether oxygens (including phenoxy) is 2. The fourth-order valence-corrected chi connectivity index (χ4v) is 4.77. The van der Waals surface area contributed by atoms with Gasteiger partial charge < -0.3 is 19.5 Å². The van der Waals surface area contributed by atoms with Gasteiger partial charge in [0.25, 0.3) is 0 Å². The van der Waals surface area contributed by atoms with Gasteiger partial charge in [-0.3, -0.25) is 9.69 Å². The second-order valence-corrected chi connectivity index (χ2v) is 8.32. The van der Waals surface area contributed by atoms with Crippen LogP contribution in [0.25, 0.3) is 0 Å². The molecule has 1 aromatic rings. The molecule has 0 aliphatic carbocycles. The minimum absolute atomic E-state index is 0.209. The van der Waals surface area contributed by atoms with Crippen LogP contribution in [0.5, 0.6) is 5.75 Å². The van der Waals surface area contributed by atoms with Crippen molar-refractivity contribution in [1.29, 1.82) is 0 Å². The summed E-state index contributed by atoms with van der Waals surface area (Å²) in [7, 11) is 0. The third kappa shape index (κ3) is 3.88. The predicted molar refractivity (Wildman–Crippen MR) is 101 cm³/mol. The number of halogens is 1. The molecule has 1 N–H and O–H groups in total. The van der Waals surface area contributed by atoms with E-state index < -0.39 is 5.41 Å². The van der Waals surface area contributed by atoms with Gasteiger partial charge in [0.2, 0.25) is 5.91 Å². The molecular weight excluding hydrogens is 363 g/mol. The van der Waals surface area contributed by atoms with Crippen molar-refractivity contribution in [1.82, 2.24) is 9.80 Å². The number of fused-ring (bicyclic) bond motifs is 1. The zero-order valence-corrected chi connectivity index (χ0v) is 16.2. The average Bonchev–Trinajstić information content (AvgIpc) is 3.27. The van der Waals surface area contributed by atoms with Crippen LogP contribution in [0.4, 0.5) is 4.39 Å². The maximum Gasteiger partial charge on any atom is 0.232 e. The van der Waals surface area contributed by atoms with Crippen molar-refractivity contribution in [2.75, 3.05) is 59.2 Å². The lowest BCUT2D eigenvalue weighted by atomic mass is 9.79. The number of rotatable bonds is 6. The fraction of sp³-hybridized carbons (Fsp3) is 0.667. The lowest BCUT2D eigenvalue weighted by Crippen LogP contribution is -2.51. The van der Waals surface area contributed by atoms with Crippen LogP contribution in [0.2, 0.25) is 0 Å². The lowest BCUT2D eigenvalue weighted by Gasteiger charge is -2.37. The normalized spacial score (nSPS) is 28.5. The van der Waals surface area contributed by atoms with Crippen molar-refractivity contribution in [2.24, 2.45) is 17.3 Å². The average molecular weight is 392 g/mol. The summed E-state index contributed by atoms with van der Waals surface area (Å²) in [5, 5.41) is 9.33. The molecule has 0 aromatic heterocycles. The number of benzene rings is 1. The van der Waals surface area contributed by atoms with E-state index in [2.05, 4.69) is 4.90 Å². The Kier molecular flexibility index (Phi) is 5.85. The second kappa shape index (κ2) is 8.35. The van der Waals surface area contributed by atoms with E-state index in [1.165, 1.54) is 12.1 Å². The maximum absolute atomic E-state index is 13.4. The number of piperidine rings is 1. The second-order valence-electron chi connectivity index (χ2n) is 8.32. The summed E-state index contributed by atoms with van der Waals surface area (Å²) >= 11 is 0. The first-order chi connectivity index (χ1) is 13.6. The summed E-state index contributed by atoms with van der Waals surface area (Å²) in [5.41, 5.74) is -0.443. The van der Waals surface area contributed by atoms with Crippen LogP contribution in [-0.2, 0) is 9.53 Å². The lowest BCUT2D eigenvalue weighted by molar-refractivity contribution is -0.144. The molecule has 3 saturated heterocycles. The van der Waals surface area contributed by atoms with E-state index in [1.54, 1.807) is 12.1 Å². The Morgan fingerprint density at radius 1 is 1.29 bits per heavy atom. The van der Waals surface area contributed by atoms with Gasteiger partial charge in [-0.1, -0.05) is 0 Å². The topological polar surface area (TPSA) is 62.2 Å². The minimum atomic E-state index is -0.443. The summed E-state index contributed by atoms with van der Waals surface area (Å²) in [5.74, 6) is 1.14. The molecule has 0 spiro atoms. The standard InChI is InChI=1S/C21H29FN2O4/c22-18-1-3-19(4-2-18)28-10-9-23-11-17-13-27-15-21(17,14-23)20(26)24-7-5-16(12-25)6-8-24/h1-4,16-17,25H,5-15H2/t17-,21-/m0/s1. The van der Waals surface area contributed by atoms with Gasteiger partial charge in [-0.05, 0) is 43.0 Å². The van der Waals surface area contributed by atoms with E-state index in [0.717, 1.165) is 39.0 Å². The number of aliphatic hydroxyl groups is 1. The molecule has 4 rings (SSSR count). The van der Waals surface area contributed by atoms with E-state index in [4.69, 9.17) is 9.47 Å². The summed E-state index contributed by atoms with van der Waals surface area (Å²) in [4.78, 5) is 17.6. The molecule has 2 atom stereocenters. The summed E-state index contributed by atoms with van der Waals surface area (Å²) in [6, 6.07) is 6.03. The maximum atomic E-state index is 13.4. The SMILES string of the molecule is O=C(N1CCC(CO)CC1)[C@@]12COC[C@@H]1CN(CCOc1ccc(F)cc1)C2. The molecule has 3 fully saturated rings. The van der Waals surface area contributed by atoms with E-state index in [0.29, 0.717) is 38.0 Å². The Morgan fingerprint density at radius 2 is 2.04 bits per heavy atom. The summed E-state index contributed by atoms with van der Waals surface area (Å²) in [6.45, 7) is 5.56. The van der Waals surface area contributed by atoms with Crippen LogP contribution >= 0.6 is 0 Å². The molecule has 1 amide bonds. The molecule has 28 heavy (non-hydrogen) atoms. The molecule has 0 saturated carbocycles. The zero-order chi connectivity index (χ0) is 19.6. The van der Waals surface area contributed by atoms with Gasteiger partial charge >= 0.3 is 0 Å². The number of hydrogen-bond donors (Lipinski definition) is 1. The van der Waals surface area contributed by atoms with E-state index in [1.807, 2.05) is 4.90 Å². The molecule has 7 heteroatoms. The molecular formula is C21H29FN2O4. The van der Waals surface area contributed by atoms with Gasteiger partial charge in [0.1, 0.15) is 18.2 Å². The van der Waals surface area contributed by atoms with Gasteiger partial charge in [-0.15, -0.1) is 0 Å². The fourth-order valence-electron chi connectivity index (χ4n) is 4.77. The highest BCUT2D eigenvalue weighted by molar-refractivity contribution is 5.84. The molecule has 3 aliphatic rings. The van der Waals surface area contributed by atoms with Gasteiger partial charge in [-0.25, -0.2) is 4.39 Å². The number of carbonyl (C=O) groups is 1. The Bertz CT molecular complexity index is 677. The molecule has 3 aliphatic heterocycles. The monoisotopic (exact) mass is 392 g/mol. The Hall–Kier alpha value is -1.70. The molecule has 154 valence electrons. The van der Waals surface area contributed by atoms with Gasteiger partial charge in [-0.2, -0.15) is 0 Å². The molecule has 0 radical (unpaired) electrons.